The third kappa shape index (κ3) is 13.1. The van der Waals surface area contributed by atoms with E-state index in [0.717, 1.165) is 32.5 Å². The largest absolute Gasteiger partial charge is 1.00 e. The van der Waals surface area contributed by atoms with Gasteiger partial charge < -0.3 is 16.8 Å². The number of rotatable bonds is 8. The SMILES string of the molecule is N[CH-]CCNCCCCCN.[Li+]. The van der Waals surface area contributed by atoms with Gasteiger partial charge in [0.1, 0.15) is 0 Å². The van der Waals surface area contributed by atoms with Crippen LogP contribution < -0.4 is 35.6 Å². The van der Waals surface area contributed by atoms with Crippen LogP contribution in [0, 0.1) is 6.54 Å². The van der Waals surface area contributed by atoms with Crippen LogP contribution in [0.2, 0.25) is 0 Å². The van der Waals surface area contributed by atoms with E-state index < -0.39 is 0 Å². The van der Waals surface area contributed by atoms with E-state index in [0.29, 0.717) is 0 Å². The molecule has 0 spiro atoms. The van der Waals surface area contributed by atoms with Crippen LogP contribution >= 0.6 is 0 Å². The zero-order chi connectivity index (χ0) is 8.36. The summed E-state index contributed by atoms with van der Waals surface area (Å²) < 4.78 is 0. The van der Waals surface area contributed by atoms with Crippen molar-refractivity contribution in [1.82, 2.24) is 5.32 Å². The number of hydrogen-bond donors (Lipinski definition) is 3. The molecular weight excluding hydrogens is 145 g/mol. The summed E-state index contributed by atoms with van der Waals surface area (Å²) in [6.45, 7) is 4.59. The molecule has 4 heteroatoms. The monoisotopic (exact) mass is 165 g/mol. The molecule has 0 unspecified atom stereocenters. The van der Waals surface area contributed by atoms with Crippen LogP contribution in [0.3, 0.4) is 0 Å². The van der Waals surface area contributed by atoms with Gasteiger partial charge in [0.15, 0.2) is 0 Å². The minimum absolute atomic E-state index is 0. The molecule has 0 aliphatic rings. The van der Waals surface area contributed by atoms with Gasteiger partial charge in [-0.05, 0) is 32.5 Å². The van der Waals surface area contributed by atoms with Crippen LogP contribution in [0.25, 0.3) is 0 Å². The molecule has 0 aliphatic heterocycles. The fraction of sp³-hybridized carbons (Fsp3) is 0.875. The van der Waals surface area contributed by atoms with Crippen molar-refractivity contribution in [3.05, 3.63) is 6.54 Å². The van der Waals surface area contributed by atoms with Gasteiger partial charge in [-0.25, -0.2) is 0 Å². The summed E-state index contributed by atoms with van der Waals surface area (Å²) >= 11 is 0. The fourth-order valence-electron chi connectivity index (χ4n) is 0.882. The number of nitrogens with one attached hydrogen (secondary N) is 1. The Morgan fingerprint density at radius 1 is 1.08 bits per heavy atom. The normalized spacial score (nSPS) is 9.50. The molecule has 68 valence electrons. The Bertz CT molecular complexity index is 63.3. The Kier molecular flexibility index (Phi) is 17.5. The van der Waals surface area contributed by atoms with E-state index in [1.165, 1.54) is 12.8 Å². The molecule has 0 aromatic carbocycles. The van der Waals surface area contributed by atoms with Gasteiger partial charge in [0.25, 0.3) is 0 Å². The number of hydrogen-bond acceptors (Lipinski definition) is 3. The van der Waals surface area contributed by atoms with Crippen LogP contribution in [0.1, 0.15) is 25.7 Å². The fourth-order valence-corrected chi connectivity index (χ4v) is 0.882. The molecule has 0 atom stereocenters. The summed E-state index contributed by atoms with van der Waals surface area (Å²) in [7, 11) is 0. The third-order valence-corrected chi connectivity index (χ3v) is 1.55. The van der Waals surface area contributed by atoms with Crippen molar-refractivity contribution in [1.29, 1.82) is 0 Å². The van der Waals surface area contributed by atoms with Gasteiger partial charge in [0.05, 0.1) is 0 Å². The van der Waals surface area contributed by atoms with Crippen molar-refractivity contribution >= 4 is 0 Å². The van der Waals surface area contributed by atoms with E-state index in [2.05, 4.69) is 5.32 Å². The van der Waals surface area contributed by atoms with Crippen molar-refractivity contribution in [2.24, 2.45) is 11.5 Å². The van der Waals surface area contributed by atoms with E-state index in [1.807, 2.05) is 0 Å². The minimum atomic E-state index is 0. The Balaban J connectivity index is 0. The Labute approximate surface area is 87.8 Å². The topological polar surface area (TPSA) is 64.1 Å². The van der Waals surface area contributed by atoms with Gasteiger partial charge in [-0.1, -0.05) is 6.42 Å². The summed E-state index contributed by atoms with van der Waals surface area (Å²) in [6.07, 6.45) is 4.55. The van der Waals surface area contributed by atoms with Gasteiger partial charge in [-0.3, -0.25) is 6.54 Å². The molecule has 0 saturated heterocycles. The molecular formula is C8H20LiN3. The Morgan fingerprint density at radius 3 is 2.42 bits per heavy atom. The molecule has 0 aromatic heterocycles. The average molecular weight is 165 g/mol. The number of nitrogens with two attached hydrogens (primary N) is 2. The summed E-state index contributed by atoms with van der Waals surface area (Å²) in [6, 6.07) is 0. The second-order valence-electron chi connectivity index (χ2n) is 2.62. The summed E-state index contributed by atoms with van der Waals surface area (Å²) in [5.41, 5.74) is 10.6. The van der Waals surface area contributed by atoms with E-state index >= 15 is 0 Å². The first kappa shape index (κ1) is 15.0. The minimum Gasteiger partial charge on any atom is -0.483 e. The molecule has 0 rings (SSSR count). The molecule has 5 N–H and O–H groups in total. The van der Waals surface area contributed by atoms with Crippen LogP contribution in [-0.2, 0) is 0 Å². The predicted octanol–water partition coefficient (Wildman–Crippen LogP) is -2.78. The first-order chi connectivity index (χ1) is 5.41. The summed E-state index contributed by atoms with van der Waals surface area (Å²) in [4.78, 5) is 0. The molecule has 0 aromatic rings. The van der Waals surface area contributed by atoms with Crippen molar-refractivity contribution < 1.29 is 18.9 Å². The third-order valence-electron chi connectivity index (χ3n) is 1.55. The molecule has 0 bridgehead atoms. The first-order valence-corrected chi connectivity index (χ1v) is 4.36. The van der Waals surface area contributed by atoms with E-state index in [9.17, 15) is 0 Å². The average Bonchev–Trinajstić information content (AvgIpc) is 2.03. The van der Waals surface area contributed by atoms with Crippen molar-refractivity contribution in [3.63, 3.8) is 0 Å². The van der Waals surface area contributed by atoms with Crippen molar-refractivity contribution in [3.8, 4) is 0 Å². The standard InChI is InChI=1S/C8H20N3.Li/c9-5-2-1-3-7-11-8-4-6-10;/h6,11H,1-5,7-10H2;/q-1;+1. The Hall–Kier alpha value is 0.477. The predicted molar refractivity (Wildman–Crippen MR) is 48.9 cm³/mol. The van der Waals surface area contributed by atoms with Gasteiger partial charge in [0.2, 0.25) is 0 Å². The van der Waals surface area contributed by atoms with Crippen LogP contribution in [-0.4, -0.2) is 19.6 Å². The van der Waals surface area contributed by atoms with Crippen LogP contribution in [0.5, 0.6) is 0 Å². The second kappa shape index (κ2) is 14.0. The molecule has 0 fully saturated rings. The molecule has 0 amide bonds. The quantitative estimate of drug-likeness (QED) is 0.207. The van der Waals surface area contributed by atoms with Crippen molar-refractivity contribution in [2.75, 3.05) is 19.6 Å². The zero-order valence-electron chi connectivity index (χ0n) is 8.18. The molecule has 12 heavy (non-hydrogen) atoms. The van der Waals surface area contributed by atoms with Gasteiger partial charge >= 0.3 is 18.9 Å². The van der Waals surface area contributed by atoms with Crippen molar-refractivity contribution in [2.45, 2.75) is 25.7 Å². The molecule has 0 heterocycles. The molecule has 0 saturated carbocycles. The first-order valence-electron chi connectivity index (χ1n) is 4.36. The Morgan fingerprint density at radius 2 is 1.83 bits per heavy atom. The van der Waals surface area contributed by atoms with Crippen LogP contribution in [0.15, 0.2) is 0 Å². The summed E-state index contributed by atoms with van der Waals surface area (Å²) in [5.74, 6) is 0. The maximum absolute atomic E-state index is 5.35. The van der Waals surface area contributed by atoms with E-state index in [4.69, 9.17) is 11.5 Å². The number of unbranched alkanes of at least 4 members (excludes halogenated alkanes) is 2. The van der Waals surface area contributed by atoms with Gasteiger partial charge in [-0.2, -0.15) is 6.42 Å². The summed E-state index contributed by atoms with van der Waals surface area (Å²) in [5, 5.41) is 3.29. The van der Waals surface area contributed by atoms with E-state index in [-0.39, 0.29) is 18.9 Å². The van der Waals surface area contributed by atoms with Crippen LogP contribution in [0.4, 0.5) is 0 Å². The maximum atomic E-state index is 5.35. The molecule has 0 aliphatic carbocycles. The smallest absolute Gasteiger partial charge is 0.483 e. The van der Waals surface area contributed by atoms with E-state index in [1.54, 1.807) is 6.54 Å². The maximum Gasteiger partial charge on any atom is 1.00 e. The van der Waals surface area contributed by atoms with Gasteiger partial charge in [0, 0.05) is 0 Å². The molecule has 3 nitrogen and oxygen atoms in total. The molecule has 0 radical (unpaired) electrons. The second-order valence-corrected chi connectivity index (χ2v) is 2.62. The van der Waals surface area contributed by atoms with Gasteiger partial charge in [-0.15, -0.1) is 0 Å². The zero-order valence-corrected chi connectivity index (χ0v) is 8.18.